The first-order chi connectivity index (χ1) is 12.8. The van der Waals surface area contributed by atoms with Crippen molar-refractivity contribution >= 4 is 17.5 Å². The third-order valence-electron chi connectivity index (χ3n) is 4.21. The lowest BCUT2D eigenvalue weighted by molar-refractivity contribution is -0.137. The maximum absolute atomic E-state index is 12.9. The van der Waals surface area contributed by atoms with Crippen LogP contribution in [0.4, 0.5) is 24.7 Å². The summed E-state index contributed by atoms with van der Waals surface area (Å²) in [6.07, 6.45) is -2.33. The Hall–Kier alpha value is -2.84. The van der Waals surface area contributed by atoms with E-state index in [0.717, 1.165) is 25.0 Å². The molecular weight excluding hydrogens is 363 g/mol. The van der Waals surface area contributed by atoms with Gasteiger partial charge < -0.3 is 10.1 Å². The van der Waals surface area contributed by atoms with Crippen LogP contribution in [0, 0.1) is 0 Å². The number of hydrogen-bond acceptors (Lipinski definition) is 5. The van der Waals surface area contributed by atoms with Crippen LogP contribution >= 0.6 is 0 Å². The number of benzene rings is 1. The normalized spacial score (nSPS) is 13.8. The van der Waals surface area contributed by atoms with Crippen LogP contribution in [0.3, 0.4) is 0 Å². The predicted octanol–water partition coefficient (Wildman–Crippen LogP) is 3.52. The Labute approximate surface area is 153 Å². The fourth-order valence-corrected chi connectivity index (χ4v) is 2.96. The van der Waals surface area contributed by atoms with Gasteiger partial charge >= 0.3 is 12.1 Å². The van der Waals surface area contributed by atoms with Crippen LogP contribution in [0.2, 0.25) is 0 Å². The number of aryl methyl sites for hydroxylation is 1. The van der Waals surface area contributed by atoms with E-state index in [-0.39, 0.29) is 23.7 Å². The summed E-state index contributed by atoms with van der Waals surface area (Å²) < 4.78 is 45.2. The largest absolute Gasteiger partial charge is 0.462 e. The molecule has 3 rings (SSSR count). The second-order valence-corrected chi connectivity index (χ2v) is 6.09. The number of nitrogens with zero attached hydrogens (tertiary/aromatic N) is 2. The first-order valence-electron chi connectivity index (χ1n) is 8.56. The first-order valence-corrected chi connectivity index (χ1v) is 8.56. The summed E-state index contributed by atoms with van der Waals surface area (Å²) >= 11 is 0. The van der Waals surface area contributed by atoms with Gasteiger partial charge in [0.2, 0.25) is 0 Å². The van der Waals surface area contributed by atoms with E-state index in [9.17, 15) is 22.8 Å². The zero-order valence-corrected chi connectivity index (χ0v) is 14.6. The average molecular weight is 381 g/mol. The van der Waals surface area contributed by atoms with E-state index in [1.54, 1.807) is 6.92 Å². The van der Waals surface area contributed by atoms with Crippen molar-refractivity contribution in [2.24, 2.45) is 0 Å². The quantitative estimate of drug-likeness (QED) is 0.821. The van der Waals surface area contributed by atoms with Gasteiger partial charge in [-0.2, -0.15) is 13.2 Å². The number of esters is 1. The first kappa shape index (κ1) is 18.9. The monoisotopic (exact) mass is 381 g/mol. The maximum Gasteiger partial charge on any atom is 0.416 e. The average Bonchev–Trinajstić information content (AvgIpc) is 2.61. The smallest absolute Gasteiger partial charge is 0.416 e. The van der Waals surface area contributed by atoms with Crippen LogP contribution in [-0.2, 0) is 23.9 Å². The van der Waals surface area contributed by atoms with Gasteiger partial charge in [0.05, 0.1) is 12.2 Å². The molecule has 1 aliphatic rings. The van der Waals surface area contributed by atoms with Crippen LogP contribution < -0.4 is 10.9 Å². The number of hydrogen-bond donors (Lipinski definition) is 1. The number of alkyl halides is 3. The van der Waals surface area contributed by atoms with Crippen molar-refractivity contribution < 1.29 is 22.7 Å². The van der Waals surface area contributed by atoms with Gasteiger partial charge in [-0.25, -0.2) is 9.78 Å². The molecule has 0 spiro atoms. The van der Waals surface area contributed by atoms with Crippen molar-refractivity contribution in [3.8, 4) is 0 Å². The molecule has 1 aromatic carbocycles. The van der Waals surface area contributed by atoms with Gasteiger partial charge in [0.25, 0.3) is 5.56 Å². The van der Waals surface area contributed by atoms with Gasteiger partial charge in [-0.05, 0) is 38.0 Å². The summed E-state index contributed by atoms with van der Waals surface area (Å²) in [6.45, 7) is 2.10. The summed E-state index contributed by atoms with van der Waals surface area (Å²) in [6, 6.07) is 4.48. The lowest BCUT2D eigenvalue weighted by Crippen LogP contribution is -2.34. The number of rotatable bonds is 4. The number of carbonyl (C=O) groups excluding carboxylic acids is 1. The maximum atomic E-state index is 12.9. The minimum Gasteiger partial charge on any atom is -0.462 e. The number of halogens is 3. The molecule has 2 aromatic rings. The predicted molar refractivity (Wildman–Crippen MR) is 92.1 cm³/mol. The van der Waals surface area contributed by atoms with Crippen molar-refractivity contribution in [1.82, 2.24) is 9.55 Å². The minimum atomic E-state index is -4.51. The Balaban J connectivity index is 2.08. The second kappa shape index (κ2) is 7.42. The zero-order chi connectivity index (χ0) is 19.6. The number of ether oxygens (including phenoxy) is 1. The SMILES string of the molecule is CCOC(=O)c1c(Nc2cccc(C(F)(F)F)c2)nc2n(c1=O)CCCC2. The minimum absolute atomic E-state index is 0.0586. The number of carbonyl (C=O) groups is 1. The van der Waals surface area contributed by atoms with Gasteiger partial charge in [0.1, 0.15) is 5.82 Å². The van der Waals surface area contributed by atoms with E-state index in [0.29, 0.717) is 18.8 Å². The second-order valence-electron chi connectivity index (χ2n) is 6.09. The number of fused-ring (bicyclic) bond motifs is 1. The molecular formula is C18H18F3N3O3. The highest BCUT2D eigenvalue weighted by Crippen LogP contribution is 2.31. The molecule has 9 heteroatoms. The highest BCUT2D eigenvalue weighted by Gasteiger charge is 2.31. The highest BCUT2D eigenvalue weighted by molar-refractivity contribution is 5.95. The standard InChI is InChI=1S/C18H18F3N3O3/c1-2-27-17(26)14-15(23-13-8-3-4-9-24(13)16(14)25)22-12-7-5-6-11(10-12)18(19,20)21/h5-7,10,22H,2-4,8-9H2,1H3. The van der Waals surface area contributed by atoms with E-state index in [2.05, 4.69) is 10.3 Å². The molecule has 0 atom stereocenters. The molecule has 1 aliphatic heterocycles. The van der Waals surface area contributed by atoms with Gasteiger partial charge in [-0.3, -0.25) is 9.36 Å². The Bertz CT molecular complexity index is 922. The van der Waals surface area contributed by atoms with E-state index in [1.807, 2.05) is 0 Å². The molecule has 144 valence electrons. The molecule has 1 aromatic heterocycles. The molecule has 1 N–H and O–H groups in total. The van der Waals surface area contributed by atoms with Crippen molar-refractivity contribution in [3.63, 3.8) is 0 Å². The Kier molecular flexibility index (Phi) is 5.20. The van der Waals surface area contributed by atoms with Crippen LogP contribution in [0.1, 0.15) is 41.5 Å². The fourth-order valence-electron chi connectivity index (χ4n) is 2.96. The van der Waals surface area contributed by atoms with Gasteiger partial charge in [0.15, 0.2) is 11.4 Å². The van der Waals surface area contributed by atoms with Gasteiger partial charge in [0, 0.05) is 18.7 Å². The lowest BCUT2D eigenvalue weighted by Gasteiger charge is -2.20. The molecule has 2 heterocycles. The topological polar surface area (TPSA) is 73.2 Å². The van der Waals surface area contributed by atoms with Gasteiger partial charge in [-0.15, -0.1) is 0 Å². The van der Waals surface area contributed by atoms with Crippen LogP contribution in [0.25, 0.3) is 0 Å². The third kappa shape index (κ3) is 3.96. The molecule has 0 unspecified atom stereocenters. The Morgan fingerprint density at radius 2 is 2.11 bits per heavy atom. The van der Waals surface area contributed by atoms with Crippen molar-refractivity contribution in [3.05, 3.63) is 51.6 Å². The molecule has 6 nitrogen and oxygen atoms in total. The fraction of sp³-hybridized carbons (Fsp3) is 0.389. The molecule has 0 saturated heterocycles. The lowest BCUT2D eigenvalue weighted by atomic mass is 10.1. The Morgan fingerprint density at radius 3 is 2.81 bits per heavy atom. The zero-order valence-electron chi connectivity index (χ0n) is 14.6. The molecule has 0 amide bonds. The van der Waals surface area contributed by atoms with Crippen LogP contribution in [0.15, 0.2) is 29.1 Å². The van der Waals surface area contributed by atoms with Gasteiger partial charge in [-0.1, -0.05) is 6.07 Å². The number of aromatic nitrogens is 2. The van der Waals surface area contributed by atoms with Crippen molar-refractivity contribution in [2.45, 2.75) is 38.9 Å². The highest BCUT2D eigenvalue weighted by atomic mass is 19.4. The molecule has 0 radical (unpaired) electrons. The summed E-state index contributed by atoms with van der Waals surface area (Å²) in [5.41, 5.74) is -1.63. The van der Waals surface area contributed by atoms with Crippen molar-refractivity contribution in [1.29, 1.82) is 0 Å². The van der Waals surface area contributed by atoms with E-state index in [1.165, 1.54) is 16.7 Å². The summed E-state index contributed by atoms with van der Waals surface area (Å²) in [5.74, 6) is -0.454. The molecule has 27 heavy (non-hydrogen) atoms. The number of nitrogens with one attached hydrogen (secondary N) is 1. The summed E-state index contributed by atoms with van der Waals surface area (Å²) in [5, 5.41) is 2.69. The van der Waals surface area contributed by atoms with E-state index >= 15 is 0 Å². The summed E-state index contributed by atoms with van der Waals surface area (Å²) in [4.78, 5) is 29.4. The van der Waals surface area contributed by atoms with Crippen LogP contribution in [0.5, 0.6) is 0 Å². The molecule has 0 saturated carbocycles. The Morgan fingerprint density at radius 1 is 1.33 bits per heavy atom. The van der Waals surface area contributed by atoms with E-state index < -0.39 is 23.3 Å². The van der Waals surface area contributed by atoms with E-state index in [4.69, 9.17) is 4.74 Å². The van der Waals surface area contributed by atoms with Crippen molar-refractivity contribution in [2.75, 3.05) is 11.9 Å². The third-order valence-corrected chi connectivity index (χ3v) is 4.21. The molecule has 0 bridgehead atoms. The molecule has 0 fully saturated rings. The summed E-state index contributed by atoms with van der Waals surface area (Å²) in [7, 11) is 0. The number of anilines is 2. The molecule has 0 aliphatic carbocycles. The van der Waals surface area contributed by atoms with Crippen LogP contribution in [-0.4, -0.2) is 22.1 Å².